The van der Waals surface area contributed by atoms with Crippen LogP contribution in [-0.4, -0.2) is 20.2 Å². The molecule has 2 heterocycles. The maximum atomic E-state index is 5.97. The second-order valence-electron chi connectivity index (χ2n) is 3.47. The summed E-state index contributed by atoms with van der Waals surface area (Å²) in [6.07, 6.45) is 2.16. The van der Waals surface area contributed by atoms with E-state index in [0.717, 1.165) is 11.3 Å². The van der Waals surface area contributed by atoms with Crippen LogP contribution in [0.25, 0.3) is 0 Å². The lowest BCUT2D eigenvalue weighted by Gasteiger charge is -2.06. The molecule has 1 atom stereocenters. The van der Waals surface area contributed by atoms with Gasteiger partial charge in [-0.1, -0.05) is 0 Å². The standard InChI is InChI=1S/C9H13N5O/c1-6-3-4-15-9(6)7(10)5-8-11-13-14(2)12-8/h3-4,7H,5,10H2,1-2H3. The molecule has 0 saturated carbocycles. The fourth-order valence-corrected chi connectivity index (χ4v) is 1.46. The summed E-state index contributed by atoms with van der Waals surface area (Å²) < 4.78 is 5.30. The monoisotopic (exact) mass is 207 g/mol. The van der Waals surface area contributed by atoms with Gasteiger partial charge in [-0.25, -0.2) is 0 Å². The van der Waals surface area contributed by atoms with Crippen LogP contribution < -0.4 is 5.73 Å². The van der Waals surface area contributed by atoms with Crippen LogP contribution in [0.5, 0.6) is 0 Å². The molecule has 1 unspecified atom stereocenters. The van der Waals surface area contributed by atoms with E-state index in [1.165, 1.54) is 4.80 Å². The molecule has 6 heteroatoms. The van der Waals surface area contributed by atoms with Crippen molar-refractivity contribution in [3.8, 4) is 0 Å². The number of aromatic nitrogens is 4. The first kappa shape index (κ1) is 9.85. The Morgan fingerprint density at radius 2 is 2.40 bits per heavy atom. The highest BCUT2D eigenvalue weighted by Gasteiger charge is 2.15. The normalized spacial score (nSPS) is 13.0. The van der Waals surface area contributed by atoms with Crippen LogP contribution in [0.1, 0.15) is 23.2 Å². The minimum Gasteiger partial charge on any atom is -0.467 e. The molecule has 0 fully saturated rings. The molecule has 0 saturated heterocycles. The van der Waals surface area contributed by atoms with E-state index in [0.29, 0.717) is 12.2 Å². The molecular weight excluding hydrogens is 194 g/mol. The molecule has 2 aromatic heterocycles. The molecule has 0 bridgehead atoms. The lowest BCUT2D eigenvalue weighted by molar-refractivity contribution is 0.457. The minimum absolute atomic E-state index is 0.218. The van der Waals surface area contributed by atoms with Crippen molar-refractivity contribution in [3.05, 3.63) is 29.5 Å². The molecule has 15 heavy (non-hydrogen) atoms. The average molecular weight is 207 g/mol. The maximum absolute atomic E-state index is 5.97. The topological polar surface area (TPSA) is 82.8 Å². The third-order valence-corrected chi connectivity index (χ3v) is 2.19. The minimum atomic E-state index is -0.218. The van der Waals surface area contributed by atoms with Gasteiger partial charge in [0.05, 0.1) is 19.4 Å². The molecule has 0 aliphatic heterocycles. The molecule has 2 rings (SSSR count). The van der Waals surface area contributed by atoms with Crippen molar-refractivity contribution in [1.82, 2.24) is 20.2 Å². The lowest BCUT2D eigenvalue weighted by Crippen LogP contribution is -2.14. The van der Waals surface area contributed by atoms with Crippen LogP contribution in [0, 0.1) is 6.92 Å². The van der Waals surface area contributed by atoms with Crippen molar-refractivity contribution in [2.45, 2.75) is 19.4 Å². The van der Waals surface area contributed by atoms with E-state index in [1.807, 2.05) is 13.0 Å². The number of hydrogen-bond donors (Lipinski definition) is 1. The van der Waals surface area contributed by atoms with Crippen molar-refractivity contribution >= 4 is 0 Å². The first-order chi connectivity index (χ1) is 7.16. The average Bonchev–Trinajstić information content (AvgIpc) is 2.75. The van der Waals surface area contributed by atoms with Crippen molar-refractivity contribution in [3.63, 3.8) is 0 Å². The smallest absolute Gasteiger partial charge is 0.176 e. The van der Waals surface area contributed by atoms with Crippen LogP contribution in [0.3, 0.4) is 0 Å². The summed E-state index contributed by atoms with van der Waals surface area (Å²) >= 11 is 0. The number of nitrogens with zero attached hydrogens (tertiary/aromatic N) is 4. The molecule has 0 aliphatic carbocycles. The van der Waals surface area contributed by atoms with Gasteiger partial charge in [-0.05, 0) is 23.8 Å². The number of aryl methyl sites for hydroxylation is 2. The fourth-order valence-electron chi connectivity index (χ4n) is 1.46. The second kappa shape index (κ2) is 3.82. The molecule has 0 aliphatic rings. The van der Waals surface area contributed by atoms with Crippen LogP contribution in [0.15, 0.2) is 16.7 Å². The lowest BCUT2D eigenvalue weighted by atomic mass is 10.1. The number of tetrazole rings is 1. The first-order valence-electron chi connectivity index (χ1n) is 4.69. The Hall–Kier alpha value is -1.69. The van der Waals surface area contributed by atoms with E-state index >= 15 is 0 Å². The molecule has 0 radical (unpaired) electrons. The number of nitrogens with two attached hydrogens (primary N) is 1. The summed E-state index contributed by atoms with van der Waals surface area (Å²) in [5.74, 6) is 1.41. The Morgan fingerprint density at radius 1 is 1.60 bits per heavy atom. The summed E-state index contributed by atoms with van der Waals surface area (Å²) in [5.41, 5.74) is 7.02. The molecule has 0 aromatic carbocycles. The van der Waals surface area contributed by atoms with E-state index in [-0.39, 0.29) is 6.04 Å². The predicted octanol–water partition coefficient (Wildman–Crippen LogP) is 0.354. The van der Waals surface area contributed by atoms with Crippen molar-refractivity contribution in [2.75, 3.05) is 0 Å². The van der Waals surface area contributed by atoms with E-state index < -0.39 is 0 Å². The maximum Gasteiger partial charge on any atom is 0.176 e. The van der Waals surface area contributed by atoms with E-state index in [2.05, 4.69) is 15.4 Å². The van der Waals surface area contributed by atoms with E-state index in [9.17, 15) is 0 Å². The van der Waals surface area contributed by atoms with Crippen molar-refractivity contribution < 1.29 is 4.42 Å². The Balaban J connectivity index is 2.10. The molecule has 2 aromatic rings. The zero-order chi connectivity index (χ0) is 10.8. The Labute approximate surface area is 87.1 Å². The quantitative estimate of drug-likeness (QED) is 0.785. The van der Waals surface area contributed by atoms with Crippen LogP contribution >= 0.6 is 0 Å². The number of furan rings is 1. The molecule has 2 N–H and O–H groups in total. The van der Waals surface area contributed by atoms with Crippen molar-refractivity contribution in [2.24, 2.45) is 12.8 Å². The third kappa shape index (κ3) is 2.04. The van der Waals surface area contributed by atoms with E-state index in [4.69, 9.17) is 10.2 Å². The van der Waals surface area contributed by atoms with Crippen LogP contribution in [0.2, 0.25) is 0 Å². The largest absolute Gasteiger partial charge is 0.467 e. The first-order valence-corrected chi connectivity index (χ1v) is 4.69. The molecule has 80 valence electrons. The summed E-state index contributed by atoms with van der Waals surface area (Å²) in [7, 11) is 1.72. The Morgan fingerprint density at radius 3 is 2.93 bits per heavy atom. The third-order valence-electron chi connectivity index (χ3n) is 2.19. The number of rotatable bonds is 3. The van der Waals surface area contributed by atoms with Gasteiger partial charge in [0, 0.05) is 6.42 Å². The van der Waals surface area contributed by atoms with Gasteiger partial charge in [0.2, 0.25) is 0 Å². The van der Waals surface area contributed by atoms with Gasteiger partial charge < -0.3 is 10.2 Å². The van der Waals surface area contributed by atoms with E-state index in [1.54, 1.807) is 13.3 Å². The highest BCUT2D eigenvalue weighted by atomic mass is 16.3. The van der Waals surface area contributed by atoms with Gasteiger partial charge >= 0.3 is 0 Å². The molecule has 0 spiro atoms. The van der Waals surface area contributed by atoms with Gasteiger partial charge in [-0.15, -0.1) is 10.2 Å². The highest BCUT2D eigenvalue weighted by molar-refractivity contribution is 5.18. The van der Waals surface area contributed by atoms with Gasteiger partial charge in [-0.3, -0.25) is 0 Å². The zero-order valence-electron chi connectivity index (χ0n) is 8.71. The summed E-state index contributed by atoms with van der Waals surface area (Å²) in [5, 5.41) is 11.7. The Bertz CT molecular complexity index is 447. The zero-order valence-corrected chi connectivity index (χ0v) is 8.71. The van der Waals surface area contributed by atoms with Crippen LogP contribution in [-0.2, 0) is 13.5 Å². The fraction of sp³-hybridized carbons (Fsp3) is 0.444. The van der Waals surface area contributed by atoms with Gasteiger partial charge in [0.25, 0.3) is 0 Å². The molecule has 0 amide bonds. The molecular formula is C9H13N5O. The van der Waals surface area contributed by atoms with Gasteiger partial charge in [0.1, 0.15) is 5.76 Å². The summed E-state index contributed by atoms with van der Waals surface area (Å²) in [4.78, 5) is 1.41. The molecule has 6 nitrogen and oxygen atoms in total. The SMILES string of the molecule is Cc1ccoc1C(N)Cc1nnn(C)n1. The van der Waals surface area contributed by atoms with Crippen molar-refractivity contribution in [1.29, 1.82) is 0 Å². The predicted molar refractivity (Wildman–Crippen MR) is 52.9 cm³/mol. The number of hydrogen-bond acceptors (Lipinski definition) is 5. The van der Waals surface area contributed by atoms with Gasteiger partial charge in [-0.2, -0.15) is 4.80 Å². The van der Waals surface area contributed by atoms with Crippen LogP contribution in [0.4, 0.5) is 0 Å². The summed E-state index contributed by atoms with van der Waals surface area (Å²) in [6, 6.07) is 1.67. The summed E-state index contributed by atoms with van der Waals surface area (Å²) in [6.45, 7) is 1.96. The second-order valence-corrected chi connectivity index (χ2v) is 3.47. The Kier molecular flexibility index (Phi) is 2.51. The highest BCUT2D eigenvalue weighted by Crippen LogP contribution is 2.18. The van der Waals surface area contributed by atoms with Gasteiger partial charge in [0.15, 0.2) is 5.82 Å².